The highest BCUT2D eigenvalue weighted by atomic mass is 16.2. The van der Waals surface area contributed by atoms with Gasteiger partial charge >= 0.3 is 0 Å². The van der Waals surface area contributed by atoms with Crippen LogP contribution in [0.5, 0.6) is 0 Å². The maximum Gasteiger partial charge on any atom is 0.276 e. The molecule has 0 saturated carbocycles. The summed E-state index contributed by atoms with van der Waals surface area (Å²) in [7, 11) is 1.80. The number of nitrogens with zero attached hydrogens (tertiary/aromatic N) is 5. The zero-order valence-corrected chi connectivity index (χ0v) is 10.5. The van der Waals surface area contributed by atoms with Crippen LogP contribution in [0.25, 0.3) is 5.65 Å². The van der Waals surface area contributed by atoms with Gasteiger partial charge in [0.25, 0.3) is 5.91 Å². The fraction of sp³-hybridized carbons (Fsp3) is 0.167. The van der Waals surface area contributed by atoms with Gasteiger partial charge in [0.05, 0.1) is 11.4 Å². The Bertz CT molecular complexity index is 724. The molecule has 0 fully saturated rings. The molecular formula is C12H12N6O. The van der Waals surface area contributed by atoms with E-state index in [4.69, 9.17) is 0 Å². The SMILES string of the molecule is Cc1nn(C)cc1NC(=O)c1cc2ncccn2n1. The van der Waals surface area contributed by atoms with Gasteiger partial charge in [-0.2, -0.15) is 10.2 Å². The van der Waals surface area contributed by atoms with Crippen molar-refractivity contribution in [2.75, 3.05) is 5.32 Å². The first-order chi connectivity index (χ1) is 9.13. The molecule has 0 bridgehead atoms. The van der Waals surface area contributed by atoms with Crippen LogP contribution in [0.2, 0.25) is 0 Å². The molecule has 0 spiro atoms. The zero-order valence-electron chi connectivity index (χ0n) is 10.5. The standard InChI is InChI=1S/C12H12N6O/c1-8-10(7-17(2)15-8)14-12(19)9-6-11-13-4-3-5-18(11)16-9/h3-7H,1-2H3,(H,14,19). The molecule has 0 aliphatic heterocycles. The maximum absolute atomic E-state index is 12.1. The van der Waals surface area contributed by atoms with E-state index in [1.54, 1.807) is 47.0 Å². The van der Waals surface area contributed by atoms with E-state index >= 15 is 0 Å². The van der Waals surface area contributed by atoms with Gasteiger partial charge in [-0.05, 0) is 13.0 Å². The largest absolute Gasteiger partial charge is 0.318 e. The van der Waals surface area contributed by atoms with Crippen LogP contribution in [0.3, 0.4) is 0 Å². The summed E-state index contributed by atoms with van der Waals surface area (Å²) in [5.74, 6) is -0.276. The lowest BCUT2D eigenvalue weighted by molar-refractivity contribution is 0.102. The van der Waals surface area contributed by atoms with Gasteiger partial charge in [0, 0.05) is 31.7 Å². The highest BCUT2D eigenvalue weighted by Crippen LogP contribution is 2.13. The minimum atomic E-state index is -0.276. The average Bonchev–Trinajstić information content (AvgIpc) is 2.93. The quantitative estimate of drug-likeness (QED) is 0.742. The number of hydrogen-bond donors (Lipinski definition) is 1. The summed E-state index contributed by atoms with van der Waals surface area (Å²) in [6.07, 6.45) is 5.15. The Kier molecular flexibility index (Phi) is 2.52. The van der Waals surface area contributed by atoms with Gasteiger partial charge in [0.15, 0.2) is 11.3 Å². The Balaban J connectivity index is 1.89. The molecular weight excluding hydrogens is 244 g/mol. The average molecular weight is 256 g/mol. The van der Waals surface area contributed by atoms with E-state index in [-0.39, 0.29) is 5.91 Å². The van der Waals surface area contributed by atoms with E-state index in [1.165, 1.54) is 0 Å². The number of carbonyl (C=O) groups excluding carboxylic acids is 1. The summed E-state index contributed by atoms with van der Waals surface area (Å²) < 4.78 is 3.21. The van der Waals surface area contributed by atoms with Crippen LogP contribution in [-0.2, 0) is 7.05 Å². The Hall–Kier alpha value is -2.70. The molecule has 7 nitrogen and oxygen atoms in total. The third kappa shape index (κ3) is 2.05. The second-order valence-corrected chi connectivity index (χ2v) is 4.21. The molecule has 7 heteroatoms. The van der Waals surface area contributed by atoms with E-state index < -0.39 is 0 Å². The molecule has 0 aliphatic carbocycles. The van der Waals surface area contributed by atoms with E-state index in [2.05, 4.69) is 20.5 Å². The molecule has 3 aromatic heterocycles. The lowest BCUT2D eigenvalue weighted by Gasteiger charge is -1.99. The van der Waals surface area contributed by atoms with Crippen molar-refractivity contribution in [3.05, 3.63) is 42.1 Å². The third-order valence-corrected chi connectivity index (χ3v) is 2.73. The fourth-order valence-corrected chi connectivity index (χ4v) is 1.85. The second kappa shape index (κ2) is 4.20. The first kappa shape index (κ1) is 11.4. The number of carbonyl (C=O) groups is 1. The van der Waals surface area contributed by atoms with Crippen LogP contribution in [0, 0.1) is 6.92 Å². The van der Waals surface area contributed by atoms with Crippen molar-refractivity contribution in [3.8, 4) is 0 Å². The number of anilines is 1. The molecule has 0 aromatic carbocycles. The minimum Gasteiger partial charge on any atom is -0.318 e. The Labute approximate surface area is 108 Å². The number of aromatic nitrogens is 5. The van der Waals surface area contributed by atoms with Crippen LogP contribution in [0.15, 0.2) is 30.7 Å². The van der Waals surface area contributed by atoms with E-state index in [1.807, 2.05) is 6.92 Å². The number of aryl methyl sites for hydroxylation is 2. The molecule has 0 aliphatic rings. The Morgan fingerprint density at radius 2 is 2.21 bits per heavy atom. The van der Waals surface area contributed by atoms with Crippen LogP contribution in [0.4, 0.5) is 5.69 Å². The summed E-state index contributed by atoms with van der Waals surface area (Å²) in [5.41, 5.74) is 2.40. The van der Waals surface area contributed by atoms with Gasteiger partial charge < -0.3 is 5.32 Å². The predicted molar refractivity (Wildman–Crippen MR) is 68.9 cm³/mol. The second-order valence-electron chi connectivity index (χ2n) is 4.21. The number of hydrogen-bond acceptors (Lipinski definition) is 4. The number of rotatable bonds is 2. The topological polar surface area (TPSA) is 77.1 Å². The van der Waals surface area contributed by atoms with Gasteiger partial charge in [-0.15, -0.1) is 0 Å². The molecule has 96 valence electrons. The first-order valence-electron chi connectivity index (χ1n) is 5.75. The Morgan fingerprint density at radius 1 is 1.37 bits per heavy atom. The Morgan fingerprint density at radius 3 is 2.89 bits per heavy atom. The van der Waals surface area contributed by atoms with Crippen molar-refractivity contribution in [1.29, 1.82) is 0 Å². The first-order valence-corrected chi connectivity index (χ1v) is 5.75. The van der Waals surface area contributed by atoms with E-state index in [9.17, 15) is 4.79 Å². The van der Waals surface area contributed by atoms with Gasteiger partial charge in [-0.1, -0.05) is 0 Å². The number of fused-ring (bicyclic) bond motifs is 1. The normalized spacial score (nSPS) is 10.8. The van der Waals surface area contributed by atoms with Crippen molar-refractivity contribution in [1.82, 2.24) is 24.4 Å². The molecule has 19 heavy (non-hydrogen) atoms. The highest BCUT2D eigenvalue weighted by molar-refractivity contribution is 6.03. The summed E-state index contributed by atoms with van der Waals surface area (Å²) in [4.78, 5) is 16.2. The van der Waals surface area contributed by atoms with Crippen LogP contribution >= 0.6 is 0 Å². The van der Waals surface area contributed by atoms with Crippen molar-refractivity contribution in [3.63, 3.8) is 0 Å². The molecule has 0 atom stereocenters. The van der Waals surface area contributed by atoms with Crippen molar-refractivity contribution in [2.45, 2.75) is 6.92 Å². The summed E-state index contributed by atoms with van der Waals surface area (Å²) in [6.45, 7) is 1.83. The van der Waals surface area contributed by atoms with Crippen molar-refractivity contribution >= 4 is 17.2 Å². The van der Waals surface area contributed by atoms with Gasteiger partial charge in [0.2, 0.25) is 0 Å². The van der Waals surface area contributed by atoms with Crippen molar-refractivity contribution in [2.24, 2.45) is 7.05 Å². The zero-order chi connectivity index (χ0) is 13.4. The number of nitrogens with one attached hydrogen (secondary N) is 1. The molecule has 0 radical (unpaired) electrons. The minimum absolute atomic E-state index is 0.276. The monoisotopic (exact) mass is 256 g/mol. The number of amides is 1. The molecule has 0 saturated heterocycles. The van der Waals surface area contributed by atoms with E-state index in [0.29, 0.717) is 17.0 Å². The molecule has 3 aromatic rings. The van der Waals surface area contributed by atoms with Gasteiger partial charge in [-0.3, -0.25) is 9.48 Å². The molecule has 1 N–H and O–H groups in total. The third-order valence-electron chi connectivity index (χ3n) is 2.73. The highest BCUT2D eigenvalue weighted by Gasteiger charge is 2.13. The summed E-state index contributed by atoms with van der Waals surface area (Å²) >= 11 is 0. The van der Waals surface area contributed by atoms with Crippen LogP contribution in [0.1, 0.15) is 16.2 Å². The summed E-state index contributed by atoms with van der Waals surface area (Å²) in [5, 5.41) is 11.1. The molecule has 3 rings (SSSR count). The molecule has 3 heterocycles. The van der Waals surface area contributed by atoms with Gasteiger partial charge in [-0.25, -0.2) is 9.50 Å². The lowest BCUT2D eigenvalue weighted by atomic mass is 10.3. The van der Waals surface area contributed by atoms with E-state index in [0.717, 1.165) is 5.69 Å². The fourth-order valence-electron chi connectivity index (χ4n) is 1.85. The smallest absolute Gasteiger partial charge is 0.276 e. The van der Waals surface area contributed by atoms with Crippen molar-refractivity contribution < 1.29 is 4.79 Å². The maximum atomic E-state index is 12.1. The van der Waals surface area contributed by atoms with Crippen LogP contribution < -0.4 is 5.32 Å². The molecule has 1 amide bonds. The lowest BCUT2D eigenvalue weighted by Crippen LogP contribution is -2.12. The van der Waals surface area contributed by atoms with Gasteiger partial charge in [0.1, 0.15) is 0 Å². The molecule has 0 unspecified atom stereocenters. The van der Waals surface area contributed by atoms with Crippen LogP contribution in [-0.4, -0.2) is 30.3 Å². The predicted octanol–water partition coefficient (Wildman–Crippen LogP) is 1.02. The summed E-state index contributed by atoms with van der Waals surface area (Å²) in [6, 6.07) is 3.40.